The van der Waals surface area contributed by atoms with Gasteiger partial charge in [0.2, 0.25) is 0 Å². The molecule has 0 aromatic heterocycles. The van der Waals surface area contributed by atoms with Crippen molar-refractivity contribution in [3.8, 4) is 0 Å². The molecule has 3 unspecified atom stereocenters. The largest absolute Gasteiger partial charge is 0.370 e. The Labute approximate surface area is 73.2 Å². The van der Waals surface area contributed by atoms with Gasteiger partial charge in [-0.3, -0.25) is 4.99 Å². The molecule has 68 valence electrons. The summed E-state index contributed by atoms with van der Waals surface area (Å²) in [6.07, 6.45) is 5.66. The van der Waals surface area contributed by atoms with Crippen molar-refractivity contribution < 1.29 is 0 Å². The predicted molar refractivity (Wildman–Crippen MR) is 49.6 cm³/mol. The van der Waals surface area contributed by atoms with Gasteiger partial charge in [0.1, 0.15) is 0 Å². The van der Waals surface area contributed by atoms with E-state index in [1.807, 2.05) is 0 Å². The fourth-order valence-electron chi connectivity index (χ4n) is 2.82. The maximum absolute atomic E-state index is 5.30. The maximum atomic E-state index is 5.30. The second-order valence-electron chi connectivity index (χ2n) is 4.20. The van der Waals surface area contributed by atoms with E-state index in [0.29, 0.717) is 0 Å². The highest BCUT2D eigenvalue weighted by Crippen LogP contribution is 2.48. The van der Waals surface area contributed by atoms with Gasteiger partial charge >= 0.3 is 0 Å². The SMILES string of the molecule is NC(N)=NCC1CC2CCC1C2. The van der Waals surface area contributed by atoms with Gasteiger partial charge in [-0.15, -0.1) is 0 Å². The molecular formula is C9H17N3. The maximum Gasteiger partial charge on any atom is 0.185 e. The van der Waals surface area contributed by atoms with Crippen molar-refractivity contribution in [3.05, 3.63) is 0 Å². The summed E-state index contributed by atoms with van der Waals surface area (Å²) in [7, 11) is 0. The Bertz CT molecular complexity index is 196. The van der Waals surface area contributed by atoms with Crippen LogP contribution >= 0.6 is 0 Å². The predicted octanol–water partition coefficient (Wildman–Crippen LogP) is 0.696. The minimum absolute atomic E-state index is 0.248. The van der Waals surface area contributed by atoms with Gasteiger partial charge < -0.3 is 11.5 Å². The summed E-state index contributed by atoms with van der Waals surface area (Å²) < 4.78 is 0. The minimum atomic E-state index is 0.248. The zero-order chi connectivity index (χ0) is 8.55. The van der Waals surface area contributed by atoms with Crippen LogP contribution < -0.4 is 11.5 Å². The first-order chi connectivity index (χ1) is 5.75. The van der Waals surface area contributed by atoms with Crippen molar-refractivity contribution in [3.63, 3.8) is 0 Å². The molecule has 2 bridgehead atoms. The highest BCUT2D eigenvalue weighted by atomic mass is 15.0. The lowest BCUT2D eigenvalue weighted by Crippen LogP contribution is -2.25. The highest BCUT2D eigenvalue weighted by molar-refractivity contribution is 5.75. The summed E-state index contributed by atoms with van der Waals surface area (Å²) in [5.74, 6) is 2.95. The number of nitrogens with two attached hydrogens (primary N) is 2. The van der Waals surface area contributed by atoms with E-state index < -0.39 is 0 Å². The first kappa shape index (κ1) is 7.90. The Morgan fingerprint density at radius 3 is 2.58 bits per heavy atom. The third kappa shape index (κ3) is 1.40. The Morgan fingerprint density at radius 1 is 1.25 bits per heavy atom. The Hall–Kier alpha value is -0.730. The van der Waals surface area contributed by atoms with Crippen LogP contribution in [-0.4, -0.2) is 12.5 Å². The molecule has 3 heteroatoms. The number of aliphatic imine (C=N–C) groups is 1. The zero-order valence-corrected chi connectivity index (χ0v) is 7.37. The zero-order valence-electron chi connectivity index (χ0n) is 7.37. The monoisotopic (exact) mass is 167 g/mol. The molecule has 2 aliphatic rings. The van der Waals surface area contributed by atoms with Crippen LogP contribution in [0.4, 0.5) is 0 Å². The van der Waals surface area contributed by atoms with Crippen LogP contribution in [0.25, 0.3) is 0 Å². The molecule has 0 radical (unpaired) electrons. The van der Waals surface area contributed by atoms with E-state index in [0.717, 1.165) is 24.3 Å². The van der Waals surface area contributed by atoms with Gasteiger partial charge in [-0.25, -0.2) is 0 Å². The molecule has 2 aliphatic carbocycles. The van der Waals surface area contributed by atoms with Crippen LogP contribution in [0.5, 0.6) is 0 Å². The normalized spacial score (nSPS) is 38.5. The number of nitrogens with zero attached hydrogens (tertiary/aromatic N) is 1. The third-order valence-corrected chi connectivity index (χ3v) is 3.39. The molecule has 0 saturated heterocycles. The number of hydrogen-bond donors (Lipinski definition) is 2. The minimum Gasteiger partial charge on any atom is -0.370 e. The topological polar surface area (TPSA) is 64.4 Å². The van der Waals surface area contributed by atoms with E-state index in [2.05, 4.69) is 4.99 Å². The molecule has 3 nitrogen and oxygen atoms in total. The van der Waals surface area contributed by atoms with Gasteiger partial charge in [-0.2, -0.15) is 0 Å². The number of hydrogen-bond acceptors (Lipinski definition) is 1. The average Bonchev–Trinajstić information content (AvgIpc) is 2.60. The second-order valence-corrected chi connectivity index (χ2v) is 4.20. The summed E-state index contributed by atoms with van der Waals surface area (Å²) in [4.78, 5) is 4.10. The quantitative estimate of drug-likeness (QED) is 0.469. The van der Waals surface area contributed by atoms with Gasteiger partial charge in [0, 0.05) is 6.54 Å². The molecule has 0 amide bonds. The van der Waals surface area contributed by atoms with Crippen LogP contribution in [0.15, 0.2) is 4.99 Å². The van der Waals surface area contributed by atoms with Crippen LogP contribution in [0.3, 0.4) is 0 Å². The lowest BCUT2D eigenvalue weighted by Gasteiger charge is -2.19. The molecule has 2 saturated carbocycles. The molecule has 3 atom stereocenters. The smallest absolute Gasteiger partial charge is 0.185 e. The number of rotatable bonds is 2. The van der Waals surface area contributed by atoms with Crippen molar-refractivity contribution in [1.82, 2.24) is 0 Å². The lowest BCUT2D eigenvalue weighted by molar-refractivity contribution is 0.342. The lowest BCUT2D eigenvalue weighted by atomic mass is 9.89. The molecule has 2 fully saturated rings. The van der Waals surface area contributed by atoms with E-state index in [4.69, 9.17) is 11.5 Å². The summed E-state index contributed by atoms with van der Waals surface area (Å²) in [5.41, 5.74) is 10.6. The van der Waals surface area contributed by atoms with Crippen molar-refractivity contribution in [2.24, 2.45) is 34.2 Å². The summed E-state index contributed by atoms with van der Waals surface area (Å²) in [6, 6.07) is 0. The van der Waals surface area contributed by atoms with Crippen LogP contribution in [0.1, 0.15) is 25.7 Å². The Kier molecular flexibility index (Phi) is 1.95. The first-order valence-electron chi connectivity index (χ1n) is 4.81. The molecule has 4 N–H and O–H groups in total. The molecular weight excluding hydrogens is 150 g/mol. The Morgan fingerprint density at radius 2 is 2.08 bits per heavy atom. The van der Waals surface area contributed by atoms with Crippen molar-refractivity contribution >= 4 is 5.96 Å². The molecule has 0 heterocycles. The van der Waals surface area contributed by atoms with Crippen LogP contribution in [-0.2, 0) is 0 Å². The Balaban J connectivity index is 1.87. The number of fused-ring (bicyclic) bond motifs is 2. The van der Waals surface area contributed by atoms with E-state index in [1.54, 1.807) is 0 Å². The van der Waals surface area contributed by atoms with Crippen molar-refractivity contribution in [1.29, 1.82) is 0 Å². The van der Waals surface area contributed by atoms with Crippen molar-refractivity contribution in [2.75, 3.05) is 6.54 Å². The van der Waals surface area contributed by atoms with Gasteiger partial charge in [-0.05, 0) is 37.0 Å². The van der Waals surface area contributed by atoms with Crippen LogP contribution in [0, 0.1) is 17.8 Å². The average molecular weight is 167 g/mol. The molecule has 0 aliphatic heterocycles. The molecule has 0 aromatic carbocycles. The molecule has 12 heavy (non-hydrogen) atoms. The third-order valence-electron chi connectivity index (χ3n) is 3.39. The van der Waals surface area contributed by atoms with Gasteiger partial charge in [-0.1, -0.05) is 6.42 Å². The summed E-state index contributed by atoms with van der Waals surface area (Å²) >= 11 is 0. The van der Waals surface area contributed by atoms with Gasteiger partial charge in [0.25, 0.3) is 0 Å². The first-order valence-corrected chi connectivity index (χ1v) is 4.81. The molecule has 2 rings (SSSR count). The summed E-state index contributed by atoms with van der Waals surface area (Å²) in [6.45, 7) is 0.865. The van der Waals surface area contributed by atoms with Gasteiger partial charge in [0.05, 0.1) is 0 Å². The fourth-order valence-corrected chi connectivity index (χ4v) is 2.82. The van der Waals surface area contributed by atoms with E-state index in [1.165, 1.54) is 25.7 Å². The highest BCUT2D eigenvalue weighted by Gasteiger charge is 2.38. The van der Waals surface area contributed by atoms with E-state index in [-0.39, 0.29) is 5.96 Å². The van der Waals surface area contributed by atoms with Crippen molar-refractivity contribution in [2.45, 2.75) is 25.7 Å². The number of guanidine groups is 1. The van der Waals surface area contributed by atoms with E-state index >= 15 is 0 Å². The standard InChI is InChI=1S/C9H17N3/c10-9(11)12-5-8-4-6-1-2-7(8)3-6/h6-8H,1-5H2,(H4,10,11,12). The summed E-state index contributed by atoms with van der Waals surface area (Å²) in [5, 5.41) is 0. The molecule has 0 spiro atoms. The van der Waals surface area contributed by atoms with Gasteiger partial charge in [0.15, 0.2) is 5.96 Å². The fraction of sp³-hybridized carbons (Fsp3) is 0.889. The van der Waals surface area contributed by atoms with E-state index in [9.17, 15) is 0 Å². The second kappa shape index (κ2) is 2.96. The molecule has 0 aromatic rings. The van der Waals surface area contributed by atoms with Crippen LogP contribution in [0.2, 0.25) is 0 Å².